The first-order valence-electron chi connectivity index (χ1n) is 8.37. The van der Waals surface area contributed by atoms with E-state index in [9.17, 15) is 4.79 Å². The van der Waals surface area contributed by atoms with E-state index in [4.69, 9.17) is 0 Å². The molecule has 1 aliphatic rings. The van der Waals surface area contributed by atoms with Gasteiger partial charge in [-0.2, -0.15) is 0 Å². The molecule has 2 aromatic heterocycles. The van der Waals surface area contributed by atoms with Crippen LogP contribution in [0.1, 0.15) is 40.0 Å². The number of hydrogen-bond acceptors (Lipinski definition) is 4. The molecule has 1 N–H and O–H groups in total. The van der Waals surface area contributed by atoms with Crippen molar-refractivity contribution in [3.63, 3.8) is 0 Å². The number of likely N-dealkylation sites (tertiary alicyclic amines) is 1. The van der Waals surface area contributed by atoms with Crippen LogP contribution in [0.5, 0.6) is 0 Å². The van der Waals surface area contributed by atoms with E-state index in [-0.39, 0.29) is 17.4 Å². The maximum absolute atomic E-state index is 12.2. The van der Waals surface area contributed by atoms with E-state index < -0.39 is 0 Å². The quantitative estimate of drug-likeness (QED) is 0.845. The molecular formula is C17H24BrN5O. The molecule has 1 atom stereocenters. The zero-order valence-electron chi connectivity index (χ0n) is 14.4. The SMILES string of the molecule is CC(C)(C)CCN1C(=O)CC[C@H]1CNc1ccc2ncc(Br)n2n1. The van der Waals surface area contributed by atoms with Crippen molar-refractivity contribution in [1.82, 2.24) is 19.5 Å². The van der Waals surface area contributed by atoms with Crippen LogP contribution in [0, 0.1) is 5.41 Å². The van der Waals surface area contributed by atoms with Crippen molar-refractivity contribution >= 4 is 33.3 Å². The van der Waals surface area contributed by atoms with Gasteiger partial charge in [0.15, 0.2) is 5.65 Å². The zero-order chi connectivity index (χ0) is 17.3. The lowest BCUT2D eigenvalue weighted by Gasteiger charge is -2.28. The Hall–Kier alpha value is -1.63. The number of amides is 1. The first kappa shape index (κ1) is 17.2. The van der Waals surface area contributed by atoms with Crippen molar-refractivity contribution in [2.24, 2.45) is 5.41 Å². The van der Waals surface area contributed by atoms with Gasteiger partial charge in [0.1, 0.15) is 10.4 Å². The molecular weight excluding hydrogens is 370 g/mol. The molecule has 7 heteroatoms. The highest BCUT2D eigenvalue weighted by molar-refractivity contribution is 9.10. The molecule has 2 aromatic rings. The summed E-state index contributed by atoms with van der Waals surface area (Å²) in [6, 6.07) is 4.09. The Bertz CT molecular complexity index is 736. The van der Waals surface area contributed by atoms with Gasteiger partial charge in [-0.25, -0.2) is 9.50 Å². The standard InChI is InChI=1S/C17H24BrN5O/c1-17(2,3)8-9-22-12(4-7-16(22)24)10-19-14-5-6-15-20-11-13(18)23(15)21-14/h5-6,11-12H,4,7-10H2,1-3H3,(H,19,21)/t12-/m0/s1. The van der Waals surface area contributed by atoms with E-state index >= 15 is 0 Å². The van der Waals surface area contributed by atoms with Gasteiger partial charge in [-0.05, 0) is 46.3 Å². The average molecular weight is 394 g/mol. The van der Waals surface area contributed by atoms with Crippen molar-refractivity contribution in [2.75, 3.05) is 18.4 Å². The van der Waals surface area contributed by atoms with Crippen LogP contribution in [0.4, 0.5) is 5.82 Å². The minimum absolute atomic E-state index is 0.237. The summed E-state index contributed by atoms with van der Waals surface area (Å²) in [6.07, 6.45) is 4.31. The molecule has 3 rings (SSSR count). The lowest BCUT2D eigenvalue weighted by Crippen LogP contribution is -2.39. The Kier molecular flexibility index (Phi) is 4.80. The Labute approximate surface area is 150 Å². The minimum atomic E-state index is 0.237. The number of nitrogens with zero attached hydrogens (tertiary/aromatic N) is 4. The van der Waals surface area contributed by atoms with Gasteiger partial charge in [-0.1, -0.05) is 20.8 Å². The van der Waals surface area contributed by atoms with Crippen LogP contribution in [-0.2, 0) is 4.79 Å². The van der Waals surface area contributed by atoms with Crippen LogP contribution in [0.15, 0.2) is 22.9 Å². The number of carbonyl (C=O) groups is 1. The van der Waals surface area contributed by atoms with Gasteiger partial charge < -0.3 is 10.2 Å². The number of fused-ring (bicyclic) bond motifs is 1. The molecule has 0 aromatic carbocycles. The molecule has 0 radical (unpaired) electrons. The summed E-state index contributed by atoms with van der Waals surface area (Å²) in [5.74, 6) is 1.06. The number of hydrogen-bond donors (Lipinski definition) is 1. The number of aromatic nitrogens is 3. The molecule has 3 heterocycles. The van der Waals surface area contributed by atoms with Crippen molar-refractivity contribution < 1.29 is 4.79 Å². The third kappa shape index (κ3) is 3.88. The molecule has 24 heavy (non-hydrogen) atoms. The van der Waals surface area contributed by atoms with E-state index in [0.29, 0.717) is 6.42 Å². The van der Waals surface area contributed by atoms with Gasteiger partial charge in [0.05, 0.1) is 6.20 Å². The molecule has 130 valence electrons. The summed E-state index contributed by atoms with van der Waals surface area (Å²) >= 11 is 3.43. The molecule has 1 fully saturated rings. The van der Waals surface area contributed by atoms with E-state index in [1.165, 1.54) is 0 Å². The van der Waals surface area contributed by atoms with E-state index in [1.807, 2.05) is 17.0 Å². The fourth-order valence-electron chi connectivity index (χ4n) is 2.93. The Morgan fingerprint density at radius 3 is 2.92 bits per heavy atom. The largest absolute Gasteiger partial charge is 0.367 e. The second-order valence-electron chi connectivity index (χ2n) is 7.54. The smallest absolute Gasteiger partial charge is 0.222 e. The third-order valence-electron chi connectivity index (χ3n) is 4.39. The molecule has 0 bridgehead atoms. The van der Waals surface area contributed by atoms with E-state index in [1.54, 1.807) is 10.7 Å². The monoisotopic (exact) mass is 393 g/mol. The van der Waals surface area contributed by atoms with Crippen molar-refractivity contribution in [3.8, 4) is 0 Å². The fourth-order valence-corrected chi connectivity index (χ4v) is 3.29. The predicted octanol–water partition coefficient (Wildman–Crippen LogP) is 3.33. The zero-order valence-corrected chi connectivity index (χ0v) is 16.0. The maximum Gasteiger partial charge on any atom is 0.222 e. The topological polar surface area (TPSA) is 62.5 Å². The lowest BCUT2D eigenvalue weighted by atomic mass is 9.92. The second kappa shape index (κ2) is 6.70. The second-order valence-corrected chi connectivity index (χ2v) is 8.35. The highest BCUT2D eigenvalue weighted by Gasteiger charge is 2.31. The highest BCUT2D eigenvalue weighted by atomic mass is 79.9. The predicted molar refractivity (Wildman–Crippen MR) is 98.0 cm³/mol. The first-order chi connectivity index (χ1) is 11.3. The number of anilines is 1. The van der Waals surface area contributed by atoms with Gasteiger partial charge in [-0.3, -0.25) is 4.79 Å². The molecule has 0 saturated carbocycles. The van der Waals surface area contributed by atoms with Gasteiger partial charge in [-0.15, -0.1) is 5.10 Å². The number of halogens is 1. The van der Waals surface area contributed by atoms with Crippen molar-refractivity contribution in [2.45, 2.75) is 46.1 Å². The summed E-state index contributed by atoms with van der Waals surface area (Å²) in [5.41, 5.74) is 1.04. The molecule has 0 unspecified atom stereocenters. The molecule has 1 aliphatic heterocycles. The van der Waals surface area contributed by atoms with Crippen LogP contribution in [0.25, 0.3) is 5.65 Å². The number of rotatable bonds is 5. The minimum Gasteiger partial charge on any atom is -0.367 e. The number of imidazole rings is 1. The van der Waals surface area contributed by atoms with Crippen LogP contribution < -0.4 is 5.32 Å². The summed E-state index contributed by atoms with van der Waals surface area (Å²) in [4.78, 5) is 18.4. The number of carbonyl (C=O) groups excluding carboxylic acids is 1. The summed E-state index contributed by atoms with van der Waals surface area (Å²) < 4.78 is 2.57. The van der Waals surface area contributed by atoms with Crippen molar-refractivity contribution in [3.05, 3.63) is 22.9 Å². The highest BCUT2D eigenvalue weighted by Crippen LogP contribution is 2.24. The summed E-state index contributed by atoms with van der Waals surface area (Å²) in [5, 5.41) is 7.89. The van der Waals surface area contributed by atoms with Crippen LogP contribution in [0.2, 0.25) is 0 Å². The van der Waals surface area contributed by atoms with E-state index in [0.717, 1.165) is 42.0 Å². The molecule has 0 aliphatic carbocycles. The molecule has 1 saturated heterocycles. The van der Waals surface area contributed by atoms with Gasteiger partial charge in [0.25, 0.3) is 0 Å². The van der Waals surface area contributed by atoms with Crippen LogP contribution in [0.3, 0.4) is 0 Å². The third-order valence-corrected chi connectivity index (χ3v) is 4.94. The maximum atomic E-state index is 12.2. The van der Waals surface area contributed by atoms with Crippen LogP contribution in [-0.4, -0.2) is 44.5 Å². The molecule has 0 spiro atoms. The normalized spacial score (nSPS) is 18.6. The Balaban J connectivity index is 1.63. The Morgan fingerprint density at radius 1 is 1.38 bits per heavy atom. The summed E-state index contributed by atoms with van der Waals surface area (Å²) in [7, 11) is 0. The number of nitrogens with one attached hydrogen (secondary N) is 1. The van der Waals surface area contributed by atoms with Gasteiger partial charge in [0.2, 0.25) is 5.91 Å². The van der Waals surface area contributed by atoms with E-state index in [2.05, 4.69) is 52.1 Å². The van der Waals surface area contributed by atoms with Crippen LogP contribution >= 0.6 is 15.9 Å². The summed E-state index contributed by atoms with van der Waals surface area (Å²) in [6.45, 7) is 8.18. The fraction of sp³-hybridized carbons (Fsp3) is 0.588. The average Bonchev–Trinajstić information content (AvgIpc) is 3.06. The lowest BCUT2D eigenvalue weighted by molar-refractivity contribution is -0.129. The Morgan fingerprint density at radius 2 is 2.17 bits per heavy atom. The first-order valence-corrected chi connectivity index (χ1v) is 9.16. The van der Waals surface area contributed by atoms with Gasteiger partial charge >= 0.3 is 0 Å². The molecule has 1 amide bonds. The van der Waals surface area contributed by atoms with Gasteiger partial charge in [0, 0.05) is 25.6 Å². The van der Waals surface area contributed by atoms with Crippen molar-refractivity contribution in [1.29, 1.82) is 0 Å². The molecule has 6 nitrogen and oxygen atoms in total.